The van der Waals surface area contributed by atoms with Crippen LogP contribution in [0.25, 0.3) is 5.70 Å². The number of nitrogens with one attached hydrogen (secondary N) is 3. The SMILES string of the molecule is COC(=O)[C@@H](C)CN1C(=O)N(N)C(NC2C=C(c3ccco3)NN2)N(Cc2ccc(C)cc2)C1=O. The number of amides is 4. The van der Waals surface area contributed by atoms with Crippen LogP contribution in [0.5, 0.6) is 0 Å². The Bertz CT molecular complexity index is 1100. The Morgan fingerprint density at radius 3 is 2.63 bits per heavy atom. The third-order valence-electron chi connectivity index (χ3n) is 5.83. The Morgan fingerprint density at radius 1 is 1.23 bits per heavy atom. The van der Waals surface area contributed by atoms with Crippen LogP contribution >= 0.6 is 0 Å². The van der Waals surface area contributed by atoms with Crippen LogP contribution in [0.4, 0.5) is 9.59 Å². The number of aryl methyl sites for hydroxylation is 1. The molecule has 12 nitrogen and oxygen atoms in total. The number of carbonyl (C=O) groups excluding carboxylic acids is 3. The number of imide groups is 1. The van der Waals surface area contributed by atoms with Gasteiger partial charge < -0.3 is 14.6 Å². The highest BCUT2D eigenvalue weighted by Crippen LogP contribution is 2.22. The lowest BCUT2D eigenvalue weighted by atomic mass is 10.1. The van der Waals surface area contributed by atoms with E-state index in [4.69, 9.17) is 15.0 Å². The Labute approximate surface area is 202 Å². The fourth-order valence-electron chi connectivity index (χ4n) is 3.89. The molecular formula is C23H29N7O5. The van der Waals surface area contributed by atoms with E-state index in [2.05, 4.69) is 16.2 Å². The van der Waals surface area contributed by atoms with Crippen LogP contribution in [-0.2, 0) is 16.1 Å². The third kappa shape index (κ3) is 5.14. The highest BCUT2D eigenvalue weighted by atomic mass is 16.5. The zero-order valence-electron chi connectivity index (χ0n) is 19.7. The molecule has 1 saturated heterocycles. The standard InChI is InChI=1S/C23H29N7O5/c1-14-6-8-16(9-7-14)13-28-21(25-19-11-17(26-27-19)18-5-4-10-35-18)30(24)23(33)29(22(28)32)12-15(2)20(31)34-3/h4-11,15,19,21,25-27H,12-13,24H2,1-3H3/t15-,19?,21?/m0/s1. The number of hydrazine groups is 2. The molecule has 4 rings (SSSR count). The minimum Gasteiger partial charge on any atom is -0.469 e. The fourth-order valence-corrected chi connectivity index (χ4v) is 3.89. The normalized spacial score (nSPS) is 21.1. The lowest BCUT2D eigenvalue weighted by Gasteiger charge is -2.46. The smallest absolute Gasteiger partial charge is 0.345 e. The van der Waals surface area contributed by atoms with E-state index in [1.54, 1.807) is 25.3 Å². The van der Waals surface area contributed by atoms with Gasteiger partial charge in [0.2, 0.25) is 0 Å². The summed E-state index contributed by atoms with van der Waals surface area (Å²) in [6.07, 6.45) is 1.92. The van der Waals surface area contributed by atoms with E-state index in [-0.39, 0.29) is 13.1 Å². The monoisotopic (exact) mass is 483 g/mol. The highest BCUT2D eigenvalue weighted by Gasteiger charge is 2.45. The largest absolute Gasteiger partial charge is 0.469 e. The second-order valence-corrected chi connectivity index (χ2v) is 8.47. The Hall–Kier alpha value is -3.87. The Kier molecular flexibility index (Phi) is 7.05. The summed E-state index contributed by atoms with van der Waals surface area (Å²) in [6.45, 7) is 3.56. The summed E-state index contributed by atoms with van der Waals surface area (Å²) < 4.78 is 10.2. The molecule has 4 amide bonds. The molecule has 2 aliphatic rings. The van der Waals surface area contributed by atoms with Crippen molar-refractivity contribution in [2.75, 3.05) is 13.7 Å². The minimum atomic E-state index is -0.979. The first-order valence-corrected chi connectivity index (χ1v) is 11.1. The molecule has 2 aromatic rings. The van der Waals surface area contributed by atoms with Gasteiger partial charge >= 0.3 is 18.0 Å². The molecule has 5 N–H and O–H groups in total. The number of benzene rings is 1. The number of furan rings is 1. The molecule has 1 aromatic carbocycles. The van der Waals surface area contributed by atoms with Gasteiger partial charge in [-0.15, -0.1) is 0 Å². The van der Waals surface area contributed by atoms with Crippen molar-refractivity contribution < 1.29 is 23.5 Å². The molecule has 1 fully saturated rings. The number of rotatable bonds is 8. The van der Waals surface area contributed by atoms with Gasteiger partial charge in [0.25, 0.3) is 0 Å². The molecule has 3 heterocycles. The number of ether oxygens (including phenoxy) is 1. The van der Waals surface area contributed by atoms with Gasteiger partial charge in [0.1, 0.15) is 0 Å². The van der Waals surface area contributed by atoms with E-state index in [1.807, 2.05) is 37.3 Å². The number of nitrogens with two attached hydrogens (primary N) is 1. The van der Waals surface area contributed by atoms with Gasteiger partial charge in [0.15, 0.2) is 12.0 Å². The average Bonchev–Trinajstić information content (AvgIpc) is 3.55. The van der Waals surface area contributed by atoms with Gasteiger partial charge in [-0.25, -0.2) is 30.8 Å². The van der Waals surface area contributed by atoms with Gasteiger partial charge in [0.05, 0.1) is 37.7 Å². The number of nitrogens with zero attached hydrogens (tertiary/aromatic N) is 3. The van der Waals surface area contributed by atoms with E-state index in [1.165, 1.54) is 12.0 Å². The maximum absolute atomic E-state index is 13.5. The Balaban J connectivity index is 1.59. The van der Waals surface area contributed by atoms with Crippen LogP contribution in [-0.4, -0.2) is 59.0 Å². The van der Waals surface area contributed by atoms with Crippen molar-refractivity contribution in [3.63, 3.8) is 0 Å². The summed E-state index contributed by atoms with van der Waals surface area (Å²) in [5, 5.41) is 4.13. The second-order valence-electron chi connectivity index (χ2n) is 8.47. The number of hydrogen-bond acceptors (Lipinski definition) is 9. The molecule has 186 valence electrons. The van der Waals surface area contributed by atoms with Crippen LogP contribution in [0, 0.1) is 12.8 Å². The van der Waals surface area contributed by atoms with Crippen LogP contribution in [0.2, 0.25) is 0 Å². The van der Waals surface area contributed by atoms with E-state index in [0.717, 1.165) is 21.0 Å². The molecule has 2 unspecified atom stereocenters. The molecule has 1 aromatic heterocycles. The van der Waals surface area contributed by atoms with Crippen LogP contribution < -0.4 is 22.0 Å². The summed E-state index contributed by atoms with van der Waals surface area (Å²) in [5.41, 5.74) is 8.66. The molecule has 12 heteroatoms. The fraction of sp³-hybridized carbons (Fsp3) is 0.348. The molecule has 0 aliphatic carbocycles. The first-order valence-electron chi connectivity index (χ1n) is 11.1. The summed E-state index contributed by atoms with van der Waals surface area (Å²) >= 11 is 0. The topological polar surface area (TPSA) is 145 Å². The summed E-state index contributed by atoms with van der Waals surface area (Å²) in [6, 6.07) is 9.95. The molecule has 35 heavy (non-hydrogen) atoms. The molecule has 0 spiro atoms. The highest BCUT2D eigenvalue weighted by molar-refractivity contribution is 5.96. The quantitative estimate of drug-likeness (QED) is 0.248. The number of hydrogen-bond donors (Lipinski definition) is 4. The first-order chi connectivity index (χ1) is 16.8. The lowest BCUT2D eigenvalue weighted by molar-refractivity contribution is -0.145. The number of esters is 1. The van der Waals surface area contributed by atoms with Crippen molar-refractivity contribution in [1.29, 1.82) is 0 Å². The zero-order valence-corrected chi connectivity index (χ0v) is 19.7. The van der Waals surface area contributed by atoms with Crippen molar-refractivity contribution in [3.05, 3.63) is 65.6 Å². The van der Waals surface area contributed by atoms with E-state index in [9.17, 15) is 14.4 Å². The van der Waals surface area contributed by atoms with E-state index < -0.39 is 36.4 Å². The summed E-state index contributed by atoms with van der Waals surface area (Å²) in [5.74, 6) is 5.60. The minimum absolute atomic E-state index is 0.166. The van der Waals surface area contributed by atoms with Crippen molar-refractivity contribution in [2.24, 2.45) is 11.8 Å². The van der Waals surface area contributed by atoms with Gasteiger partial charge in [0, 0.05) is 6.54 Å². The first kappa shape index (κ1) is 24.3. The van der Waals surface area contributed by atoms with Crippen molar-refractivity contribution in [3.8, 4) is 0 Å². The van der Waals surface area contributed by atoms with Crippen molar-refractivity contribution in [1.82, 2.24) is 31.0 Å². The van der Waals surface area contributed by atoms with Crippen molar-refractivity contribution in [2.45, 2.75) is 32.8 Å². The molecule has 0 saturated carbocycles. The molecule has 0 bridgehead atoms. The predicted molar refractivity (Wildman–Crippen MR) is 125 cm³/mol. The van der Waals surface area contributed by atoms with Crippen molar-refractivity contribution >= 4 is 23.7 Å². The lowest BCUT2D eigenvalue weighted by Crippen LogP contribution is -2.74. The maximum Gasteiger partial charge on any atom is 0.345 e. The number of methoxy groups -OCH3 is 1. The van der Waals surface area contributed by atoms with Crippen LogP contribution in [0.15, 0.2) is 53.2 Å². The van der Waals surface area contributed by atoms with Gasteiger partial charge in [-0.05, 0) is 30.7 Å². The molecule has 0 radical (unpaired) electrons. The number of carbonyl (C=O) groups is 3. The van der Waals surface area contributed by atoms with E-state index in [0.29, 0.717) is 11.5 Å². The van der Waals surface area contributed by atoms with Crippen LogP contribution in [0.1, 0.15) is 23.8 Å². The maximum atomic E-state index is 13.5. The third-order valence-corrected chi connectivity index (χ3v) is 5.83. The summed E-state index contributed by atoms with van der Waals surface area (Å²) in [4.78, 5) is 40.9. The van der Waals surface area contributed by atoms with E-state index >= 15 is 0 Å². The van der Waals surface area contributed by atoms with Gasteiger partial charge in [-0.3, -0.25) is 15.0 Å². The summed E-state index contributed by atoms with van der Waals surface area (Å²) in [7, 11) is 1.25. The molecule has 3 atom stereocenters. The molecule has 2 aliphatic heterocycles. The van der Waals surface area contributed by atoms with Crippen LogP contribution in [0.3, 0.4) is 0 Å². The molecular weight excluding hydrogens is 454 g/mol. The zero-order chi connectivity index (χ0) is 25.1. The predicted octanol–water partition coefficient (Wildman–Crippen LogP) is 1.28. The Morgan fingerprint density at radius 2 is 1.97 bits per heavy atom. The number of urea groups is 2. The second kappa shape index (κ2) is 10.2. The van der Waals surface area contributed by atoms with Gasteiger partial charge in [-0.1, -0.05) is 36.8 Å². The average molecular weight is 484 g/mol. The van der Waals surface area contributed by atoms with Gasteiger partial charge in [-0.2, -0.15) is 0 Å².